The van der Waals surface area contributed by atoms with Crippen molar-refractivity contribution in [1.29, 1.82) is 0 Å². The van der Waals surface area contributed by atoms with E-state index >= 15 is 0 Å². The molecule has 180 valence electrons. The molecule has 0 saturated heterocycles. The fourth-order valence-corrected chi connectivity index (χ4v) is 4.27. The third-order valence-electron chi connectivity index (χ3n) is 5.62. The van der Waals surface area contributed by atoms with Gasteiger partial charge in [-0.25, -0.2) is 8.42 Å². The predicted octanol–water partition coefficient (Wildman–Crippen LogP) is 3.14. The quantitative estimate of drug-likeness (QED) is 0.543. The standard InChI is InChI=1S/C25H35N3O4S/c1-6-20(3)26-25(30)21(4)27(16-15-22-12-8-7-9-13-22)24(29)18-28(33(5,31)32)23-14-10-11-19(2)17-23/h7-14,17,20-21H,6,15-16,18H2,1-5H3,(H,26,30)/t20-,21-/m0/s1. The molecule has 0 heterocycles. The molecule has 0 unspecified atom stereocenters. The van der Waals surface area contributed by atoms with E-state index in [1.54, 1.807) is 25.1 Å². The Bertz CT molecular complexity index is 1040. The normalized spacial score (nSPS) is 13.1. The summed E-state index contributed by atoms with van der Waals surface area (Å²) < 4.78 is 26.2. The summed E-state index contributed by atoms with van der Waals surface area (Å²) in [4.78, 5) is 27.7. The maximum atomic E-state index is 13.4. The average molecular weight is 474 g/mol. The molecule has 2 amide bonds. The molecule has 0 spiro atoms. The van der Waals surface area contributed by atoms with Crippen molar-refractivity contribution in [3.63, 3.8) is 0 Å². The molecule has 0 aromatic heterocycles. The van der Waals surface area contributed by atoms with Gasteiger partial charge in [0.15, 0.2) is 0 Å². The van der Waals surface area contributed by atoms with Crippen LogP contribution in [0.3, 0.4) is 0 Å². The molecule has 0 aliphatic rings. The van der Waals surface area contributed by atoms with Crippen molar-refractivity contribution < 1.29 is 18.0 Å². The number of nitrogens with one attached hydrogen (secondary N) is 1. The van der Waals surface area contributed by atoms with Gasteiger partial charge >= 0.3 is 0 Å². The number of hydrogen-bond acceptors (Lipinski definition) is 4. The minimum absolute atomic E-state index is 0.0224. The van der Waals surface area contributed by atoms with Gasteiger partial charge in [0.1, 0.15) is 12.6 Å². The van der Waals surface area contributed by atoms with Crippen LogP contribution >= 0.6 is 0 Å². The average Bonchev–Trinajstić information content (AvgIpc) is 2.77. The number of hydrogen-bond donors (Lipinski definition) is 1. The highest BCUT2D eigenvalue weighted by Gasteiger charge is 2.30. The van der Waals surface area contributed by atoms with Gasteiger partial charge < -0.3 is 10.2 Å². The zero-order valence-corrected chi connectivity index (χ0v) is 20.9. The lowest BCUT2D eigenvalue weighted by Crippen LogP contribution is -2.53. The topological polar surface area (TPSA) is 86.8 Å². The van der Waals surface area contributed by atoms with Crippen LogP contribution in [0.1, 0.15) is 38.3 Å². The van der Waals surface area contributed by atoms with Gasteiger partial charge in [0, 0.05) is 12.6 Å². The molecule has 0 aliphatic heterocycles. The molecule has 0 saturated carbocycles. The molecule has 7 nitrogen and oxygen atoms in total. The van der Waals surface area contributed by atoms with E-state index in [0.717, 1.165) is 28.1 Å². The first-order valence-electron chi connectivity index (χ1n) is 11.2. The van der Waals surface area contributed by atoms with Gasteiger partial charge in [0.2, 0.25) is 21.8 Å². The molecule has 0 radical (unpaired) electrons. The van der Waals surface area contributed by atoms with Gasteiger partial charge in [-0.1, -0.05) is 49.4 Å². The van der Waals surface area contributed by atoms with E-state index in [-0.39, 0.29) is 18.5 Å². The van der Waals surface area contributed by atoms with Gasteiger partial charge in [-0.2, -0.15) is 0 Å². The van der Waals surface area contributed by atoms with Gasteiger partial charge in [0.05, 0.1) is 11.9 Å². The summed E-state index contributed by atoms with van der Waals surface area (Å²) >= 11 is 0. The lowest BCUT2D eigenvalue weighted by atomic mass is 10.1. The Kier molecular flexibility index (Phi) is 9.46. The number of nitrogens with zero attached hydrogens (tertiary/aromatic N) is 2. The SMILES string of the molecule is CC[C@H](C)NC(=O)[C@H](C)N(CCc1ccccc1)C(=O)CN(c1cccc(C)c1)S(C)(=O)=O. The van der Waals surface area contributed by atoms with Gasteiger partial charge in [-0.15, -0.1) is 0 Å². The van der Waals surface area contributed by atoms with E-state index in [9.17, 15) is 18.0 Å². The third kappa shape index (κ3) is 7.89. The monoisotopic (exact) mass is 473 g/mol. The Morgan fingerprint density at radius 3 is 2.27 bits per heavy atom. The minimum atomic E-state index is -3.71. The highest BCUT2D eigenvalue weighted by molar-refractivity contribution is 7.92. The second-order valence-electron chi connectivity index (χ2n) is 8.43. The van der Waals surface area contributed by atoms with Crippen molar-refractivity contribution >= 4 is 27.5 Å². The third-order valence-corrected chi connectivity index (χ3v) is 6.76. The van der Waals surface area contributed by atoms with Crippen LogP contribution in [-0.4, -0.2) is 56.6 Å². The van der Waals surface area contributed by atoms with Crippen LogP contribution < -0.4 is 9.62 Å². The number of carbonyl (C=O) groups is 2. The molecule has 2 aromatic carbocycles. The Balaban J connectivity index is 2.30. The number of benzene rings is 2. The molecular weight excluding hydrogens is 438 g/mol. The highest BCUT2D eigenvalue weighted by Crippen LogP contribution is 2.19. The number of sulfonamides is 1. The molecule has 2 atom stereocenters. The van der Waals surface area contributed by atoms with Crippen LogP contribution in [0.5, 0.6) is 0 Å². The lowest BCUT2D eigenvalue weighted by molar-refractivity contribution is -0.139. The van der Waals surface area contributed by atoms with Crippen LogP contribution in [0.2, 0.25) is 0 Å². The minimum Gasteiger partial charge on any atom is -0.352 e. The lowest BCUT2D eigenvalue weighted by Gasteiger charge is -2.32. The zero-order chi connectivity index (χ0) is 24.6. The summed E-state index contributed by atoms with van der Waals surface area (Å²) in [6, 6.07) is 15.9. The van der Waals surface area contributed by atoms with Crippen LogP contribution in [-0.2, 0) is 26.0 Å². The fourth-order valence-electron chi connectivity index (χ4n) is 3.43. The number of amides is 2. The van der Waals surface area contributed by atoms with E-state index in [1.807, 2.05) is 57.2 Å². The second kappa shape index (κ2) is 11.8. The number of rotatable bonds is 11. The summed E-state index contributed by atoms with van der Waals surface area (Å²) in [5, 5.41) is 2.92. The molecule has 33 heavy (non-hydrogen) atoms. The highest BCUT2D eigenvalue weighted by atomic mass is 32.2. The van der Waals surface area contributed by atoms with Crippen LogP contribution in [0.15, 0.2) is 54.6 Å². The molecule has 0 bridgehead atoms. The fraction of sp³-hybridized carbons (Fsp3) is 0.440. The first-order valence-corrected chi connectivity index (χ1v) is 13.1. The number of anilines is 1. The smallest absolute Gasteiger partial charge is 0.244 e. The molecule has 8 heteroatoms. The van der Waals surface area contributed by atoms with Crippen molar-refractivity contribution in [1.82, 2.24) is 10.2 Å². The maximum absolute atomic E-state index is 13.4. The first kappa shape index (κ1) is 26.4. The van der Waals surface area contributed by atoms with Crippen molar-refractivity contribution in [2.24, 2.45) is 0 Å². The van der Waals surface area contributed by atoms with Crippen LogP contribution in [0, 0.1) is 6.92 Å². The van der Waals surface area contributed by atoms with Gasteiger partial charge in [-0.3, -0.25) is 13.9 Å². The van der Waals surface area contributed by atoms with E-state index < -0.39 is 22.0 Å². The largest absolute Gasteiger partial charge is 0.352 e. The summed E-state index contributed by atoms with van der Waals surface area (Å²) in [5.74, 6) is -0.683. The summed E-state index contributed by atoms with van der Waals surface area (Å²) in [6.07, 6.45) is 2.40. The molecule has 2 aromatic rings. The van der Waals surface area contributed by atoms with Crippen molar-refractivity contribution in [3.05, 3.63) is 65.7 Å². The van der Waals surface area contributed by atoms with E-state index in [4.69, 9.17) is 0 Å². The Labute approximate surface area is 197 Å². The molecule has 0 fully saturated rings. The Hall–Kier alpha value is -2.87. The summed E-state index contributed by atoms with van der Waals surface area (Å²) in [6.45, 7) is 7.34. The van der Waals surface area contributed by atoms with Crippen molar-refractivity contribution in [2.45, 2.75) is 52.6 Å². The zero-order valence-electron chi connectivity index (χ0n) is 20.1. The van der Waals surface area contributed by atoms with Gasteiger partial charge in [-0.05, 0) is 56.9 Å². The van der Waals surface area contributed by atoms with Gasteiger partial charge in [0.25, 0.3) is 0 Å². The molecule has 2 rings (SSSR count). The number of carbonyl (C=O) groups excluding carboxylic acids is 2. The maximum Gasteiger partial charge on any atom is 0.244 e. The van der Waals surface area contributed by atoms with E-state index in [2.05, 4.69) is 5.32 Å². The molecular formula is C25H35N3O4S. The first-order chi connectivity index (χ1) is 15.5. The summed E-state index contributed by atoms with van der Waals surface area (Å²) in [5.41, 5.74) is 2.34. The van der Waals surface area contributed by atoms with Crippen molar-refractivity contribution in [2.75, 3.05) is 23.7 Å². The Morgan fingerprint density at radius 2 is 1.70 bits per heavy atom. The second-order valence-corrected chi connectivity index (χ2v) is 10.3. The molecule has 1 N–H and O–H groups in total. The summed E-state index contributed by atoms with van der Waals surface area (Å²) in [7, 11) is -3.71. The predicted molar refractivity (Wildman–Crippen MR) is 133 cm³/mol. The van der Waals surface area contributed by atoms with Crippen molar-refractivity contribution in [3.8, 4) is 0 Å². The van der Waals surface area contributed by atoms with E-state index in [0.29, 0.717) is 18.7 Å². The van der Waals surface area contributed by atoms with Crippen LogP contribution in [0.25, 0.3) is 0 Å². The Morgan fingerprint density at radius 1 is 1.03 bits per heavy atom. The van der Waals surface area contributed by atoms with E-state index in [1.165, 1.54) is 4.90 Å². The number of aryl methyl sites for hydroxylation is 1. The van der Waals surface area contributed by atoms with Crippen LogP contribution in [0.4, 0.5) is 5.69 Å². The molecule has 0 aliphatic carbocycles.